The minimum atomic E-state index is -0.783. The number of rotatable bonds is 2. The van der Waals surface area contributed by atoms with E-state index in [0.717, 1.165) is 18.7 Å². The van der Waals surface area contributed by atoms with E-state index in [4.69, 9.17) is 5.26 Å². The highest BCUT2D eigenvalue weighted by Crippen LogP contribution is 2.33. The molecule has 0 saturated carbocycles. The average molecular weight is 245 g/mol. The number of nitriles is 1. The zero-order valence-electron chi connectivity index (χ0n) is 10.3. The van der Waals surface area contributed by atoms with Crippen LogP contribution in [0.2, 0.25) is 0 Å². The quantitative estimate of drug-likeness (QED) is 0.857. The van der Waals surface area contributed by atoms with Gasteiger partial charge >= 0.3 is 5.97 Å². The molecular formula is C13H15N3O2. The lowest BCUT2D eigenvalue weighted by Gasteiger charge is -2.38. The Morgan fingerprint density at radius 3 is 3.11 bits per heavy atom. The number of piperidine rings is 1. The highest BCUT2D eigenvalue weighted by atomic mass is 16.4. The van der Waals surface area contributed by atoms with Gasteiger partial charge in [-0.15, -0.1) is 0 Å². The molecule has 0 aromatic carbocycles. The maximum Gasteiger partial charge on any atom is 0.311 e. The summed E-state index contributed by atoms with van der Waals surface area (Å²) >= 11 is 0. The average Bonchev–Trinajstić information content (AvgIpc) is 2.38. The molecule has 0 aliphatic carbocycles. The zero-order chi connectivity index (χ0) is 13.2. The van der Waals surface area contributed by atoms with E-state index >= 15 is 0 Å². The number of aliphatic carboxylic acids is 1. The van der Waals surface area contributed by atoms with Gasteiger partial charge in [0.15, 0.2) is 5.69 Å². The van der Waals surface area contributed by atoms with Crippen molar-refractivity contribution in [2.75, 3.05) is 18.0 Å². The molecule has 1 saturated heterocycles. The van der Waals surface area contributed by atoms with Gasteiger partial charge in [-0.1, -0.05) is 0 Å². The van der Waals surface area contributed by atoms with Gasteiger partial charge in [0.1, 0.15) is 6.07 Å². The monoisotopic (exact) mass is 245 g/mol. The number of nitrogens with zero attached hydrogens (tertiary/aromatic N) is 3. The Kier molecular flexibility index (Phi) is 3.19. The minimum absolute atomic E-state index is 0.354. The van der Waals surface area contributed by atoms with Crippen LogP contribution in [0.4, 0.5) is 5.69 Å². The van der Waals surface area contributed by atoms with Crippen LogP contribution in [0.15, 0.2) is 18.3 Å². The van der Waals surface area contributed by atoms with Crippen LogP contribution in [-0.4, -0.2) is 29.1 Å². The number of carboxylic acids is 1. The van der Waals surface area contributed by atoms with Crippen LogP contribution in [0.1, 0.15) is 25.5 Å². The maximum absolute atomic E-state index is 11.3. The number of anilines is 1. The molecule has 1 aromatic heterocycles. The number of carboxylic acid groups (broad SMARTS) is 1. The number of carbonyl (C=O) groups is 1. The Morgan fingerprint density at radius 1 is 1.67 bits per heavy atom. The lowest BCUT2D eigenvalue weighted by Crippen LogP contribution is -2.46. The van der Waals surface area contributed by atoms with E-state index in [0.29, 0.717) is 18.7 Å². The molecule has 2 heterocycles. The summed E-state index contributed by atoms with van der Waals surface area (Å²) in [5, 5.41) is 18.3. The van der Waals surface area contributed by atoms with Crippen LogP contribution in [0.3, 0.4) is 0 Å². The maximum atomic E-state index is 11.3. The van der Waals surface area contributed by atoms with Gasteiger partial charge < -0.3 is 10.0 Å². The molecule has 0 spiro atoms. The fourth-order valence-corrected chi connectivity index (χ4v) is 2.36. The SMILES string of the molecule is CC1(C(=O)O)CCCN(c2cccnc2C#N)C1. The van der Waals surface area contributed by atoms with Crippen molar-refractivity contribution in [3.8, 4) is 6.07 Å². The topological polar surface area (TPSA) is 77.2 Å². The smallest absolute Gasteiger partial charge is 0.311 e. The molecular weight excluding hydrogens is 230 g/mol. The Hall–Kier alpha value is -2.09. The lowest BCUT2D eigenvalue weighted by atomic mass is 9.82. The van der Waals surface area contributed by atoms with E-state index < -0.39 is 11.4 Å². The van der Waals surface area contributed by atoms with Crippen molar-refractivity contribution in [1.29, 1.82) is 5.26 Å². The third-order valence-electron chi connectivity index (χ3n) is 3.45. The van der Waals surface area contributed by atoms with E-state index in [2.05, 4.69) is 4.98 Å². The number of hydrogen-bond donors (Lipinski definition) is 1. The van der Waals surface area contributed by atoms with E-state index in [9.17, 15) is 9.90 Å². The Morgan fingerprint density at radius 2 is 2.44 bits per heavy atom. The van der Waals surface area contributed by atoms with Crippen molar-refractivity contribution < 1.29 is 9.90 Å². The highest BCUT2D eigenvalue weighted by Gasteiger charge is 2.38. The molecule has 5 heteroatoms. The van der Waals surface area contributed by atoms with Crippen molar-refractivity contribution in [2.45, 2.75) is 19.8 Å². The van der Waals surface area contributed by atoms with Crippen LogP contribution in [0.25, 0.3) is 0 Å². The molecule has 1 N–H and O–H groups in total. The van der Waals surface area contributed by atoms with Crippen LogP contribution >= 0.6 is 0 Å². The molecule has 1 aliphatic heterocycles. The Bertz CT molecular complexity index is 509. The first-order valence-electron chi connectivity index (χ1n) is 5.90. The second-order valence-electron chi connectivity index (χ2n) is 4.87. The van der Waals surface area contributed by atoms with Crippen molar-refractivity contribution in [3.05, 3.63) is 24.0 Å². The van der Waals surface area contributed by atoms with E-state index in [-0.39, 0.29) is 0 Å². The third-order valence-corrected chi connectivity index (χ3v) is 3.45. The predicted octanol–water partition coefficient (Wildman–Crippen LogP) is 1.64. The zero-order valence-corrected chi connectivity index (χ0v) is 10.3. The fraction of sp³-hybridized carbons (Fsp3) is 0.462. The first kappa shape index (κ1) is 12.4. The molecule has 1 unspecified atom stereocenters. The second-order valence-corrected chi connectivity index (χ2v) is 4.87. The van der Waals surface area contributed by atoms with Crippen LogP contribution < -0.4 is 4.90 Å². The molecule has 1 aliphatic rings. The van der Waals surface area contributed by atoms with Crippen molar-refractivity contribution in [3.63, 3.8) is 0 Å². The first-order chi connectivity index (χ1) is 8.57. The molecule has 1 fully saturated rings. The summed E-state index contributed by atoms with van der Waals surface area (Å²) in [5.41, 5.74) is 0.334. The van der Waals surface area contributed by atoms with Gasteiger partial charge in [-0.25, -0.2) is 4.98 Å². The summed E-state index contributed by atoms with van der Waals surface area (Å²) in [6.45, 7) is 2.94. The molecule has 5 nitrogen and oxygen atoms in total. The van der Waals surface area contributed by atoms with Crippen LogP contribution in [-0.2, 0) is 4.79 Å². The summed E-state index contributed by atoms with van der Waals surface area (Å²) in [6, 6.07) is 5.63. The van der Waals surface area contributed by atoms with Crippen molar-refractivity contribution in [2.24, 2.45) is 5.41 Å². The summed E-state index contributed by atoms with van der Waals surface area (Å²) in [5.74, 6) is -0.783. The molecule has 0 bridgehead atoms. The normalized spacial score (nSPS) is 23.4. The van der Waals surface area contributed by atoms with Gasteiger partial charge in [0, 0.05) is 19.3 Å². The van der Waals surface area contributed by atoms with Crippen LogP contribution in [0.5, 0.6) is 0 Å². The summed E-state index contributed by atoms with van der Waals surface area (Å²) in [6.07, 6.45) is 3.05. The molecule has 2 rings (SSSR count). The second kappa shape index (κ2) is 4.65. The van der Waals surface area contributed by atoms with Crippen LogP contribution in [0, 0.1) is 16.7 Å². The van der Waals surface area contributed by atoms with E-state index in [1.807, 2.05) is 17.0 Å². The number of hydrogen-bond acceptors (Lipinski definition) is 4. The number of pyridine rings is 1. The summed E-state index contributed by atoms with van der Waals surface area (Å²) < 4.78 is 0. The van der Waals surface area contributed by atoms with Gasteiger partial charge in [0.05, 0.1) is 11.1 Å². The van der Waals surface area contributed by atoms with E-state index in [1.165, 1.54) is 0 Å². The van der Waals surface area contributed by atoms with Crippen molar-refractivity contribution >= 4 is 11.7 Å². The Labute approximate surface area is 106 Å². The van der Waals surface area contributed by atoms with Gasteiger partial charge in [-0.05, 0) is 31.9 Å². The van der Waals surface area contributed by atoms with Gasteiger partial charge in [-0.2, -0.15) is 5.26 Å². The first-order valence-corrected chi connectivity index (χ1v) is 5.90. The molecule has 1 aromatic rings. The summed E-state index contributed by atoms with van der Waals surface area (Å²) in [7, 11) is 0. The van der Waals surface area contributed by atoms with E-state index in [1.54, 1.807) is 19.2 Å². The standard InChI is InChI=1S/C13H15N3O2/c1-13(12(17)18)5-3-7-16(9-13)11-4-2-6-15-10(11)8-14/h2,4,6H,3,5,7,9H2,1H3,(H,17,18). The van der Waals surface area contributed by atoms with Gasteiger partial charge in [0.2, 0.25) is 0 Å². The molecule has 0 amide bonds. The number of aromatic nitrogens is 1. The largest absolute Gasteiger partial charge is 0.481 e. The highest BCUT2D eigenvalue weighted by molar-refractivity contribution is 5.75. The lowest BCUT2D eigenvalue weighted by molar-refractivity contribution is -0.148. The summed E-state index contributed by atoms with van der Waals surface area (Å²) in [4.78, 5) is 17.3. The third kappa shape index (κ3) is 2.14. The molecule has 18 heavy (non-hydrogen) atoms. The minimum Gasteiger partial charge on any atom is -0.481 e. The van der Waals surface area contributed by atoms with Gasteiger partial charge in [-0.3, -0.25) is 4.79 Å². The molecule has 0 radical (unpaired) electrons. The molecule has 94 valence electrons. The fourth-order valence-electron chi connectivity index (χ4n) is 2.36. The Balaban J connectivity index is 2.29. The molecule has 1 atom stereocenters. The van der Waals surface area contributed by atoms with Crippen molar-refractivity contribution in [1.82, 2.24) is 4.98 Å². The van der Waals surface area contributed by atoms with Gasteiger partial charge in [0.25, 0.3) is 0 Å². The predicted molar refractivity (Wildman–Crippen MR) is 66.1 cm³/mol.